The molecule has 1 saturated carbocycles. The zero-order valence-electron chi connectivity index (χ0n) is 12.7. The molecule has 1 heterocycles. The normalized spacial score (nSPS) is 16.9. The molecule has 0 unspecified atom stereocenters. The van der Waals surface area contributed by atoms with Crippen LogP contribution in [0.25, 0.3) is 11.0 Å². The van der Waals surface area contributed by atoms with Gasteiger partial charge < -0.3 is 10.3 Å². The number of rotatable bonds is 3. The van der Waals surface area contributed by atoms with Crippen LogP contribution in [-0.4, -0.2) is 16.1 Å². The molecule has 0 bridgehead atoms. The van der Waals surface area contributed by atoms with Crippen molar-refractivity contribution in [2.45, 2.75) is 58.4 Å². The molecule has 108 valence electrons. The van der Waals surface area contributed by atoms with E-state index in [0.717, 1.165) is 12.1 Å². The molecule has 0 saturated heterocycles. The maximum atomic E-state index is 5.83. The minimum Gasteiger partial charge on any atom is -0.329 e. The molecule has 0 spiro atoms. The topological polar surface area (TPSA) is 43.8 Å². The fourth-order valence-electron chi connectivity index (χ4n) is 3.44. The van der Waals surface area contributed by atoms with Gasteiger partial charge in [0, 0.05) is 19.0 Å². The molecule has 0 amide bonds. The highest BCUT2D eigenvalue weighted by Gasteiger charge is 2.22. The van der Waals surface area contributed by atoms with Crippen LogP contribution in [-0.2, 0) is 6.54 Å². The van der Waals surface area contributed by atoms with Crippen LogP contribution in [0.2, 0.25) is 0 Å². The Labute approximate surface area is 121 Å². The van der Waals surface area contributed by atoms with Gasteiger partial charge in [-0.15, -0.1) is 0 Å². The largest absolute Gasteiger partial charge is 0.329 e. The number of imidazole rings is 1. The average molecular weight is 271 g/mol. The molecule has 3 nitrogen and oxygen atoms in total. The highest BCUT2D eigenvalue weighted by Crippen LogP contribution is 2.34. The van der Waals surface area contributed by atoms with Crippen molar-refractivity contribution in [2.75, 3.05) is 6.54 Å². The number of fused-ring (bicyclic) bond motifs is 1. The van der Waals surface area contributed by atoms with Crippen molar-refractivity contribution in [3.05, 3.63) is 29.1 Å². The summed E-state index contributed by atoms with van der Waals surface area (Å²) < 4.78 is 2.37. The number of aromatic nitrogens is 2. The SMILES string of the molecule is Cc1cc2nc(C3CCCCC3)n(CCN)c2cc1C. The van der Waals surface area contributed by atoms with E-state index in [0.29, 0.717) is 12.5 Å². The summed E-state index contributed by atoms with van der Waals surface area (Å²) in [7, 11) is 0. The van der Waals surface area contributed by atoms with Gasteiger partial charge in [-0.05, 0) is 49.9 Å². The van der Waals surface area contributed by atoms with E-state index in [9.17, 15) is 0 Å². The van der Waals surface area contributed by atoms with Crippen LogP contribution in [0.4, 0.5) is 0 Å². The predicted octanol–water partition coefficient (Wildman–Crippen LogP) is 3.66. The van der Waals surface area contributed by atoms with Crippen molar-refractivity contribution in [1.82, 2.24) is 9.55 Å². The molecule has 1 aromatic heterocycles. The van der Waals surface area contributed by atoms with Gasteiger partial charge in [0.1, 0.15) is 5.82 Å². The highest BCUT2D eigenvalue weighted by molar-refractivity contribution is 5.78. The van der Waals surface area contributed by atoms with E-state index in [4.69, 9.17) is 10.7 Å². The van der Waals surface area contributed by atoms with E-state index in [1.807, 2.05) is 0 Å². The van der Waals surface area contributed by atoms with Gasteiger partial charge in [-0.25, -0.2) is 4.98 Å². The average Bonchev–Trinajstić information content (AvgIpc) is 2.79. The van der Waals surface area contributed by atoms with Gasteiger partial charge >= 0.3 is 0 Å². The van der Waals surface area contributed by atoms with Crippen LogP contribution in [0.15, 0.2) is 12.1 Å². The third-order valence-corrected chi connectivity index (χ3v) is 4.72. The van der Waals surface area contributed by atoms with Gasteiger partial charge in [0.15, 0.2) is 0 Å². The molecule has 3 heteroatoms. The van der Waals surface area contributed by atoms with Crippen LogP contribution < -0.4 is 5.73 Å². The summed E-state index contributed by atoms with van der Waals surface area (Å²) in [5.74, 6) is 1.90. The first-order chi connectivity index (χ1) is 9.70. The van der Waals surface area contributed by atoms with Crippen molar-refractivity contribution in [2.24, 2.45) is 5.73 Å². The van der Waals surface area contributed by atoms with Crippen molar-refractivity contribution >= 4 is 11.0 Å². The van der Waals surface area contributed by atoms with Gasteiger partial charge in [-0.2, -0.15) is 0 Å². The number of benzene rings is 1. The van der Waals surface area contributed by atoms with Gasteiger partial charge in [0.25, 0.3) is 0 Å². The smallest absolute Gasteiger partial charge is 0.113 e. The number of aryl methyl sites for hydroxylation is 2. The summed E-state index contributed by atoms with van der Waals surface area (Å²) in [6, 6.07) is 4.50. The molecular formula is C17H25N3. The molecule has 0 atom stereocenters. The van der Waals surface area contributed by atoms with Crippen molar-refractivity contribution in [3.63, 3.8) is 0 Å². The number of hydrogen-bond donors (Lipinski definition) is 1. The van der Waals surface area contributed by atoms with E-state index in [-0.39, 0.29) is 0 Å². The molecule has 0 aliphatic heterocycles. The standard InChI is InChI=1S/C17H25N3/c1-12-10-15-16(11-13(12)2)20(9-8-18)17(19-15)14-6-4-3-5-7-14/h10-11,14H,3-9,18H2,1-2H3. The molecule has 1 aliphatic rings. The summed E-state index contributed by atoms with van der Waals surface area (Å²) in [6.07, 6.45) is 6.63. The van der Waals surface area contributed by atoms with Crippen LogP contribution in [0, 0.1) is 13.8 Å². The minimum absolute atomic E-state index is 0.628. The zero-order valence-corrected chi connectivity index (χ0v) is 12.7. The monoisotopic (exact) mass is 271 g/mol. The highest BCUT2D eigenvalue weighted by atomic mass is 15.1. The summed E-state index contributed by atoms with van der Waals surface area (Å²) in [6.45, 7) is 5.90. The first-order valence-corrected chi connectivity index (χ1v) is 7.88. The van der Waals surface area contributed by atoms with Crippen molar-refractivity contribution in [1.29, 1.82) is 0 Å². The Morgan fingerprint density at radius 2 is 1.85 bits per heavy atom. The van der Waals surface area contributed by atoms with Crippen LogP contribution in [0.5, 0.6) is 0 Å². The van der Waals surface area contributed by atoms with E-state index in [1.165, 1.54) is 54.6 Å². The van der Waals surface area contributed by atoms with Gasteiger partial charge in [0.2, 0.25) is 0 Å². The molecule has 2 aromatic rings. The summed E-state index contributed by atoms with van der Waals surface area (Å²) in [4.78, 5) is 4.96. The third kappa shape index (κ3) is 2.35. The van der Waals surface area contributed by atoms with Gasteiger partial charge in [0.05, 0.1) is 11.0 Å². The first kappa shape index (κ1) is 13.6. The Bertz CT molecular complexity index is 606. The Morgan fingerprint density at radius 3 is 2.55 bits per heavy atom. The molecule has 3 rings (SSSR count). The maximum absolute atomic E-state index is 5.83. The first-order valence-electron chi connectivity index (χ1n) is 7.88. The second-order valence-electron chi connectivity index (χ2n) is 6.17. The third-order valence-electron chi connectivity index (χ3n) is 4.72. The molecule has 0 radical (unpaired) electrons. The molecule has 1 aliphatic carbocycles. The summed E-state index contributed by atoms with van der Waals surface area (Å²) in [5, 5.41) is 0. The lowest BCUT2D eigenvalue weighted by molar-refractivity contribution is 0.417. The Morgan fingerprint density at radius 1 is 1.15 bits per heavy atom. The van der Waals surface area contributed by atoms with E-state index in [2.05, 4.69) is 30.5 Å². The molecule has 20 heavy (non-hydrogen) atoms. The van der Waals surface area contributed by atoms with Gasteiger partial charge in [-0.1, -0.05) is 19.3 Å². The fraction of sp³-hybridized carbons (Fsp3) is 0.588. The minimum atomic E-state index is 0.628. The van der Waals surface area contributed by atoms with Crippen LogP contribution in [0.3, 0.4) is 0 Å². The molecular weight excluding hydrogens is 246 g/mol. The summed E-state index contributed by atoms with van der Waals surface area (Å²) >= 11 is 0. The lowest BCUT2D eigenvalue weighted by atomic mass is 9.88. The van der Waals surface area contributed by atoms with Crippen LogP contribution in [0.1, 0.15) is 55.0 Å². The predicted molar refractivity (Wildman–Crippen MR) is 84.1 cm³/mol. The number of nitrogens with zero attached hydrogens (tertiary/aromatic N) is 2. The second-order valence-corrected chi connectivity index (χ2v) is 6.17. The summed E-state index contributed by atoms with van der Waals surface area (Å²) in [5.41, 5.74) is 10.9. The molecule has 2 N–H and O–H groups in total. The molecule has 1 fully saturated rings. The lowest BCUT2D eigenvalue weighted by Gasteiger charge is -2.22. The maximum Gasteiger partial charge on any atom is 0.113 e. The lowest BCUT2D eigenvalue weighted by Crippen LogP contribution is -2.16. The van der Waals surface area contributed by atoms with E-state index < -0.39 is 0 Å². The van der Waals surface area contributed by atoms with Crippen molar-refractivity contribution < 1.29 is 0 Å². The Balaban J connectivity index is 2.12. The van der Waals surface area contributed by atoms with Gasteiger partial charge in [-0.3, -0.25) is 0 Å². The fourth-order valence-corrected chi connectivity index (χ4v) is 3.44. The Hall–Kier alpha value is -1.35. The second kappa shape index (κ2) is 5.57. The Kier molecular flexibility index (Phi) is 3.79. The number of hydrogen-bond acceptors (Lipinski definition) is 2. The quantitative estimate of drug-likeness (QED) is 0.926. The van der Waals surface area contributed by atoms with Crippen molar-refractivity contribution in [3.8, 4) is 0 Å². The molecule has 1 aromatic carbocycles. The number of nitrogens with two attached hydrogens (primary N) is 1. The zero-order chi connectivity index (χ0) is 14.1. The van der Waals surface area contributed by atoms with E-state index in [1.54, 1.807) is 0 Å². The van der Waals surface area contributed by atoms with E-state index >= 15 is 0 Å². The van der Waals surface area contributed by atoms with Crippen LogP contribution >= 0.6 is 0 Å².